The minimum Gasteiger partial charge on any atom is -0.294 e. The molecule has 0 aliphatic heterocycles. The number of amides is 1. The monoisotopic (exact) mass is 320 g/mol. The van der Waals surface area contributed by atoms with E-state index in [1.165, 1.54) is 38.6 Å². The van der Waals surface area contributed by atoms with Gasteiger partial charge in [-0.05, 0) is 23.8 Å². The summed E-state index contributed by atoms with van der Waals surface area (Å²) >= 11 is 0. The molecule has 0 aliphatic rings. The van der Waals surface area contributed by atoms with E-state index in [9.17, 15) is 13.2 Å². The second-order valence-corrected chi connectivity index (χ2v) is 6.88. The van der Waals surface area contributed by atoms with Gasteiger partial charge in [0.1, 0.15) is 0 Å². The number of sulfonamides is 1. The molecular weight excluding hydrogens is 304 g/mol. The van der Waals surface area contributed by atoms with E-state index in [-0.39, 0.29) is 23.2 Å². The van der Waals surface area contributed by atoms with Gasteiger partial charge < -0.3 is 0 Å². The molecule has 116 valence electrons. The third-order valence-electron chi connectivity index (χ3n) is 2.88. The van der Waals surface area contributed by atoms with Crippen LogP contribution in [-0.2, 0) is 21.2 Å². The van der Waals surface area contributed by atoms with Gasteiger partial charge in [0.05, 0.1) is 11.3 Å². The number of hydrogen-bond acceptors (Lipinski definition) is 5. The summed E-state index contributed by atoms with van der Waals surface area (Å²) in [6.45, 7) is 0. The van der Waals surface area contributed by atoms with Crippen LogP contribution in [0, 0.1) is 0 Å². The Kier molecular flexibility index (Phi) is 4.84. The largest absolute Gasteiger partial charge is 0.294 e. The smallest absolute Gasteiger partial charge is 0.242 e. The molecule has 22 heavy (non-hydrogen) atoms. The van der Waals surface area contributed by atoms with Gasteiger partial charge in [0.15, 0.2) is 0 Å². The lowest BCUT2D eigenvalue weighted by molar-refractivity contribution is -0.115. The van der Waals surface area contributed by atoms with Crippen LogP contribution in [0.15, 0.2) is 47.6 Å². The zero-order valence-electron chi connectivity index (χ0n) is 12.2. The average molecular weight is 320 g/mol. The number of carbonyl (C=O) groups excluding carboxylic acids is 1. The van der Waals surface area contributed by atoms with Crippen molar-refractivity contribution in [3.05, 3.63) is 48.3 Å². The Morgan fingerprint density at radius 3 is 2.27 bits per heavy atom. The fourth-order valence-corrected chi connectivity index (χ4v) is 2.61. The molecule has 7 nitrogen and oxygen atoms in total. The highest BCUT2D eigenvalue weighted by Gasteiger charge is 2.16. The number of benzene rings is 1. The van der Waals surface area contributed by atoms with E-state index in [0.717, 1.165) is 4.31 Å². The van der Waals surface area contributed by atoms with Crippen LogP contribution in [0.2, 0.25) is 0 Å². The highest BCUT2D eigenvalue weighted by atomic mass is 32.2. The van der Waals surface area contributed by atoms with E-state index in [4.69, 9.17) is 0 Å². The number of carbonyl (C=O) groups is 1. The lowest BCUT2D eigenvalue weighted by atomic mass is 10.1. The molecular formula is C14H16N4O3S. The molecule has 0 fully saturated rings. The molecule has 1 amide bonds. The van der Waals surface area contributed by atoms with E-state index >= 15 is 0 Å². The normalized spacial score (nSPS) is 11.4. The average Bonchev–Trinajstić information content (AvgIpc) is 2.48. The third-order valence-corrected chi connectivity index (χ3v) is 4.71. The zero-order valence-corrected chi connectivity index (χ0v) is 13.0. The van der Waals surface area contributed by atoms with Crippen molar-refractivity contribution in [3.8, 4) is 0 Å². The first kappa shape index (κ1) is 16.1. The summed E-state index contributed by atoms with van der Waals surface area (Å²) in [7, 11) is -0.520. The molecule has 0 saturated carbocycles. The minimum atomic E-state index is -3.46. The van der Waals surface area contributed by atoms with Crippen molar-refractivity contribution in [3.63, 3.8) is 0 Å². The van der Waals surface area contributed by atoms with E-state index in [1.54, 1.807) is 18.2 Å². The molecule has 0 bridgehead atoms. The number of aromatic nitrogens is 2. The molecule has 1 aromatic heterocycles. The van der Waals surface area contributed by atoms with Crippen molar-refractivity contribution in [2.24, 2.45) is 0 Å². The fourth-order valence-electron chi connectivity index (χ4n) is 1.71. The number of nitrogens with one attached hydrogen (secondary N) is 1. The van der Waals surface area contributed by atoms with E-state index in [0.29, 0.717) is 5.56 Å². The molecule has 1 N–H and O–H groups in total. The van der Waals surface area contributed by atoms with Crippen LogP contribution in [0.1, 0.15) is 5.56 Å². The van der Waals surface area contributed by atoms with Crippen molar-refractivity contribution in [2.45, 2.75) is 11.3 Å². The summed E-state index contributed by atoms with van der Waals surface area (Å²) in [6.07, 6.45) is 3.17. The van der Waals surface area contributed by atoms with Gasteiger partial charge in [-0.3, -0.25) is 10.1 Å². The highest BCUT2D eigenvalue weighted by Crippen LogP contribution is 2.14. The maximum absolute atomic E-state index is 11.9. The van der Waals surface area contributed by atoms with Gasteiger partial charge in [-0.2, -0.15) is 0 Å². The van der Waals surface area contributed by atoms with Crippen molar-refractivity contribution >= 4 is 21.9 Å². The summed E-state index contributed by atoms with van der Waals surface area (Å²) in [4.78, 5) is 19.8. The molecule has 0 aliphatic carbocycles. The Balaban J connectivity index is 2.04. The highest BCUT2D eigenvalue weighted by molar-refractivity contribution is 7.89. The van der Waals surface area contributed by atoms with Gasteiger partial charge in [0, 0.05) is 26.5 Å². The van der Waals surface area contributed by atoms with Crippen molar-refractivity contribution in [2.75, 3.05) is 19.4 Å². The number of rotatable bonds is 5. The molecule has 0 radical (unpaired) electrons. The second kappa shape index (κ2) is 6.63. The minimum absolute atomic E-state index is 0.112. The SMILES string of the molecule is CN(C)S(=O)(=O)c1ccc(CC(=O)Nc2ncccn2)cc1. The van der Waals surface area contributed by atoms with Crippen molar-refractivity contribution in [1.29, 1.82) is 0 Å². The van der Waals surface area contributed by atoms with Gasteiger partial charge in [0.25, 0.3) is 0 Å². The predicted octanol–water partition coefficient (Wildman–Crippen LogP) is 0.908. The summed E-state index contributed by atoms with van der Waals surface area (Å²) in [6, 6.07) is 7.84. The molecule has 8 heteroatoms. The van der Waals surface area contributed by atoms with Crippen LogP contribution in [0.3, 0.4) is 0 Å². The third kappa shape index (κ3) is 3.86. The summed E-state index contributed by atoms with van der Waals surface area (Å²) in [5.74, 6) is -0.0336. The maximum Gasteiger partial charge on any atom is 0.242 e. The molecule has 0 saturated heterocycles. The molecule has 2 rings (SSSR count). The molecule has 1 aromatic carbocycles. The van der Waals surface area contributed by atoms with Gasteiger partial charge in [-0.15, -0.1) is 0 Å². The summed E-state index contributed by atoms with van der Waals surface area (Å²) in [5, 5.41) is 2.57. The van der Waals surface area contributed by atoms with Crippen molar-refractivity contribution < 1.29 is 13.2 Å². The first-order valence-electron chi connectivity index (χ1n) is 6.48. The predicted molar refractivity (Wildman–Crippen MR) is 81.7 cm³/mol. The number of anilines is 1. The van der Waals surface area contributed by atoms with Crippen LogP contribution >= 0.6 is 0 Å². The Hall–Kier alpha value is -2.32. The Bertz CT molecular complexity index is 743. The lowest BCUT2D eigenvalue weighted by Crippen LogP contribution is -2.22. The Labute approximate surface area is 129 Å². The Morgan fingerprint density at radius 2 is 1.73 bits per heavy atom. The zero-order chi connectivity index (χ0) is 16.2. The maximum atomic E-state index is 11.9. The fraction of sp³-hybridized carbons (Fsp3) is 0.214. The lowest BCUT2D eigenvalue weighted by Gasteiger charge is -2.11. The topological polar surface area (TPSA) is 92.3 Å². The molecule has 0 spiro atoms. The Morgan fingerprint density at radius 1 is 1.14 bits per heavy atom. The van der Waals surface area contributed by atoms with Crippen LogP contribution < -0.4 is 5.32 Å². The first-order valence-corrected chi connectivity index (χ1v) is 7.92. The quantitative estimate of drug-likeness (QED) is 0.884. The number of nitrogens with zero attached hydrogens (tertiary/aromatic N) is 3. The van der Waals surface area contributed by atoms with Gasteiger partial charge >= 0.3 is 0 Å². The van der Waals surface area contributed by atoms with Crippen LogP contribution in [0.25, 0.3) is 0 Å². The van der Waals surface area contributed by atoms with E-state index < -0.39 is 10.0 Å². The van der Waals surface area contributed by atoms with Crippen LogP contribution in [0.4, 0.5) is 5.95 Å². The van der Waals surface area contributed by atoms with Crippen LogP contribution in [0.5, 0.6) is 0 Å². The van der Waals surface area contributed by atoms with E-state index in [1.807, 2.05) is 0 Å². The first-order chi connectivity index (χ1) is 10.4. The van der Waals surface area contributed by atoms with Crippen LogP contribution in [-0.4, -0.2) is 42.7 Å². The van der Waals surface area contributed by atoms with Gasteiger partial charge in [-0.25, -0.2) is 22.7 Å². The molecule has 2 aromatic rings. The van der Waals surface area contributed by atoms with Crippen molar-refractivity contribution in [1.82, 2.24) is 14.3 Å². The number of hydrogen-bond donors (Lipinski definition) is 1. The molecule has 0 unspecified atom stereocenters. The van der Waals surface area contributed by atoms with Gasteiger partial charge in [-0.1, -0.05) is 12.1 Å². The summed E-state index contributed by atoms with van der Waals surface area (Å²) in [5.41, 5.74) is 0.700. The van der Waals surface area contributed by atoms with E-state index in [2.05, 4.69) is 15.3 Å². The summed E-state index contributed by atoms with van der Waals surface area (Å²) < 4.78 is 25.0. The van der Waals surface area contributed by atoms with Gasteiger partial charge in [0.2, 0.25) is 21.9 Å². The molecule has 0 atom stereocenters. The molecule has 1 heterocycles. The standard InChI is InChI=1S/C14H16N4O3S/c1-18(2)22(20,21)12-6-4-11(5-7-12)10-13(19)17-14-15-8-3-9-16-14/h3-9H,10H2,1-2H3,(H,15,16,17,19). The second-order valence-electron chi connectivity index (χ2n) is 4.73.